The van der Waals surface area contributed by atoms with Crippen LogP contribution in [0, 0.1) is 18.4 Å². The van der Waals surface area contributed by atoms with E-state index in [4.69, 9.17) is 15.7 Å². The number of ether oxygens (including phenoxy) is 1. The third kappa shape index (κ3) is 3.56. The first-order chi connectivity index (χ1) is 16.2. The monoisotopic (exact) mass is 524 g/mol. The lowest BCUT2D eigenvalue weighted by atomic mass is 9.61. The summed E-state index contributed by atoms with van der Waals surface area (Å²) in [6, 6.07) is 2.78. The maximum Gasteiger partial charge on any atom is 0.407 e. The zero-order chi connectivity index (χ0) is 27.3. The number of hydrogen-bond acceptors (Lipinski definition) is 5. The van der Waals surface area contributed by atoms with Crippen LogP contribution in [0.25, 0.3) is 4.85 Å². The van der Waals surface area contributed by atoms with Crippen LogP contribution in [-0.2, 0) is 24.9 Å². The molecule has 36 heavy (non-hydrogen) atoms. The highest BCUT2D eigenvalue weighted by Gasteiger charge is 2.80. The number of aliphatic hydroxyl groups is 1. The highest BCUT2D eigenvalue weighted by atomic mass is 28.4. The topological polar surface area (TPSA) is 80.4 Å². The predicted octanol–water partition coefficient (Wildman–Crippen LogP) is 5.07. The Kier molecular flexibility index (Phi) is 5.68. The second kappa shape index (κ2) is 7.63. The van der Waals surface area contributed by atoms with Gasteiger partial charge in [0.25, 0.3) is 0 Å². The molecule has 0 radical (unpaired) electrons. The molecule has 3 aliphatic heterocycles. The molecule has 7 nitrogen and oxygen atoms in total. The number of amides is 2. The van der Waals surface area contributed by atoms with Gasteiger partial charge in [-0.2, -0.15) is 13.2 Å². The second-order valence-electron chi connectivity index (χ2n) is 12.1. The number of fused-ring (bicyclic) bond motifs is 5. The number of rotatable bonds is 4. The molecule has 3 heterocycles. The Bertz CT molecular complexity index is 1190. The lowest BCUT2D eigenvalue weighted by Crippen LogP contribution is -2.61. The smallest absolute Gasteiger partial charge is 0.407 e. The van der Waals surface area contributed by atoms with E-state index in [1.165, 1.54) is 6.07 Å². The van der Waals surface area contributed by atoms with E-state index in [0.717, 1.165) is 11.0 Å². The minimum Gasteiger partial charge on any atom is -0.414 e. The molecule has 3 fully saturated rings. The van der Waals surface area contributed by atoms with Crippen LogP contribution in [0.3, 0.4) is 0 Å². The number of benzene rings is 1. The normalized spacial score (nSPS) is 34.3. The quantitative estimate of drug-likeness (QED) is 0.338. The van der Waals surface area contributed by atoms with Crippen molar-refractivity contribution in [3.05, 3.63) is 35.2 Å². The largest absolute Gasteiger partial charge is 0.414 e. The van der Waals surface area contributed by atoms with E-state index in [1.54, 1.807) is 13.8 Å². The van der Waals surface area contributed by atoms with Crippen molar-refractivity contribution in [1.82, 2.24) is 0 Å². The minimum atomic E-state index is -4.83. The van der Waals surface area contributed by atoms with Crippen LogP contribution in [0.5, 0.6) is 0 Å². The molecule has 2 unspecified atom stereocenters. The number of hydrogen-bond donors (Lipinski definition) is 1. The Morgan fingerprint density at radius 2 is 1.78 bits per heavy atom. The van der Waals surface area contributed by atoms with Crippen LogP contribution in [0.4, 0.5) is 24.5 Å². The fourth-order valence-corrected chi connectivity index (χ4v) is 6.72. The van der Waals surface area contributed by atoms with Crippen molar-refractivity contribution in [2.75, 3.05) is 11.5 Å². The Morgan fingerprint density at radius 1 is 1.19 bits per heavy atom. The number of carbonyl (C=O) groups excluding carboxylic acids is 2. The van der Waals surface area contributed by atoms with E-state index in [9.17, 15) is 27.9 Å². The number of anilines is 1. The Morgan fingerprint density at radius 3 is 2.31 bits per heavy atom. The second-order valence-corrected chi connectivity index (χ2v) is 16.9. The van der Waals surface area contributed by atoms with Crippen molar-refractivity contribution in [3.63, 3.8) is 0 Å². The minimum absolute atomic E-state index is 0.0452. The molecule has 1 aromatic rings. The molecule has 1 aromatic carbocycles. The lowest BCUT2D eigenvalue weighted by Gasteiger charge is -2.45. The molecular formula is C25H31F3N2O5Si. The van der Waals surface area contributed by atoms with Gasteiger partial charge in [0.2, 0.25) is 11.8 Å². The van der Waals surface area contributed by atoms with Gasteiger partial charge in [0.1, 0.15) is 11.2 Å². The maximum absolute atomic E-state index is 13.6. The molecule has 11 heteroatoms. The molecule has 196 valence electrons. The molecular weight excluding hydrogens is 493 g/mol. The van der Waals surface area contributed by atoms with Gasteiger partial charge in [-0.25, -0.2) is 9.74 Å². The van der Waals surface area contributed by atoms with Crippen LogP contribution in [-0.4, -0.2) is 48.6 Å². The summed E-state index contributed by atoms with van der Waals surface area (Å²) in [6.07, 6.45) is -4.79. The number of carbonyl (C=O) groups is 2. The molecule has 0 aliphatic carbocycles. The van der Waals surface area contributed by atoms with E-state index >= 15 is 0 Å². The summed E-state index contributed by atoms with van der Waals surface area (Å²) in [5, 5.41) is 11.6. The van der Waals surface area contributed by atoms with Gasteiger partial charge < -0.3 is 14.3 Å². The molecule has 0 saturated carbocycles. The lowest BCUT2D eigenvalue weighted by molar-refractivity contribution is -0.155. The fourth-order valence-electron chi connectivity index (χ4n) is 5.69. The van der Waals surface area contributed by atoms with Gasteiger partial charge in [-0.3, -0.25) is 9.59 Å². The van der Waals surface area contributed by atoms with Crippen molar-refractivity contribution in [2.45, 2.75) is 82.2 Å². The van der Waals surface area contributed by atoms with Gasteiger partial charge in [-0.05, 0) is 44.1 Å². The van der Waals surface area contributed by atoms with E-state index in [1.807, 2.05) is 13.1 Å². The van der Waals surface area contributed by atoms with Crippen LogP contribution in [0.15, 0.2) is 18.2 Å². The Labute approximate surface area is 209 Å². The molecule has 2 bridgehead atoms. The Balaban J connectivity index is 1.71. The molecule has 0 aromatic heterocycles. The van der Waals surface area contributed by atoms with Crippen molar-refractivity contribution in [1.29, 1.82) is 0 Å². The van der Waals surface area contributed by atoms with Gasteiger partial charge >= 0.3 is 6.18 Å². The zero-order valence-electron chi connectivity index (χ0n) is 21.4. The van der Waals surface area contributed by atoms with Crippen molar-refractivity contribution in [2.24, 2.45) is 11.8 Å². The van der Waals surface area contributed by atoms with E-state index in [0.29, 0.717) is 6.07 Å². The fraction of sp³-hybridized carbons (Fsp3) is 0.640. The molecule has 1 N–H and O–H groups in total. The average Bonchev–Trinajstić information content (AvgIpc) is 3.23. The molecule has 0 spiro atoms. The molecule has 5 atom stereocenters. The van der Waals surface area contributed by atoms with Crippen molar-refractivity contribution in [3.8, 4) is 0 Å². The average molecular weight is 525 g/mol. The van der Waals surface area contributed by atoms with Gasteiger partial charge in [-0.1, -0.05) is 26.8 Å². The Hall–Kier alpha value is -2.26. The van der Waals surface area contributed by atoms with E-state index in [-0.39, 0.29) is 23.8 Å². The van der Waals surface area contributed by atoms with Crippen LogP contribution in [0.1, 0.15) is 46.6 Å². The summed E-state index contributed by atoms with van der Waals surface area (Å²) in [5.74, 6) is -3.46. The third-order valence-corrected chi connectivity index (χ3v) is 13.2. The molecule has 3 aliphatic rings. The first kappa shape index (κ1) is 26.8. The maximum atomic E-state index is 13.6. The van der Waals surface area contributed by atoms with E-state index < -0.39 is 66.2 Å². The number of imide groups is 1. The SMILES string of the molecule is [C-]#[N+]c1ccc(N2C(=O)[C@@H]3[C@H](C2=O)C2(C)C[C@@](O)(CO[Si](C)(C)C(C)(C)C)C3(C)O2)cc1C(F)(F)F. The van der Waals surface area contributed by atoms with Crippen molar-refractivity contribution < 1.29 is 37.0 Å². The summed E-state index contributed by atoms with van der Waals surface area (Å²) >= 11 is 0. The predicted molar refractivity (Wildman–Crippen MR) is 128 cm³/mol. The highest BCUT2D eigenvalue weighted by Crippen LogP contribution is 2.65. The summed E-state index contributed by atoms with van der Waals surface area (Å²) in [4.78, 5) is 30.8. The number of alkyl halides is 3. The number of nitrogens with zero attached hydrogens (tertiary/aromatic N) is 2. The summed E-state index contributed by atoms with van der Waals surface area (Å²) in [7, 11) is -2.28. The third-order valence-electron chi connectivity index (χ3n) is 8.71. The first-order valence-electron chi connectivity index (χ1n) is 11.8. The zero-order valence-corrected chi connectivity index (χ0v) is 22.4. The first-order valence-corrected chi connectivity index (χ1v) is 14.7. The summed E-state index contributed by atoms with van der Waals surface area (Å²) in [5.41, 5.74) is -6.34. The van der Waals surface area contributed by atoms with Crippen LogP contribution in [0.2, 0.25) is 18.1 Å². The number of halogens is 3. The van der Waals surface area contributed by atoms with Crippen LogP contribution < -0.4 is 4.90 Å². The van der Waals surface area contributed by atoms with E-state index in [2.05, 4.69) is 25.6 Å². The van der Waals surface area contributed by atoms with Crippen LogP contribution >= 0.6 is 0 Å². The summed E-state index contributed by atoms with van der Waals surface area (Å²) in [6.45, 7) is 20.4. The molecule has 3 saturated heterocycles. The van der Waals surface area contributed by atoms with Gasteiger partial charge in [-0.15, -0.1) is 0 Å². The highest BCUT2D eigenvalue weighted by molar-refractivity contribution is 6.74. The summed E-state index contributed by atoms with van der Waals surface area (Å²) < 4.78 is 53.2. The standard InChI is InChI=1S/C25H31F3N2O5Si/c1-21(2,3)36(7,8)34-13-24(33)12-22(4)17-18(23(24,5)35-22)20(32)30(19(17)31)14-9-10-16(29-6)15(11-14)25(26,27)28/h9-11,17-18,33H,12-13H2,1-5,7-8H3/t17-,18+,22?,23?,24-/m1/s1. The van der Waals surface area contributed by atoms with Gasteiger partial charge in [0.15, 0.2) is 14.0 Å². The molecule has 4 rings (SSSR count). The van der Waals surface area contributed by atoms with Crippen molar-refractivity contribution >= 4 is 31.5 Å². The van der Waals surface area contributed by atoms with Gasteiger partial charge in [0, 0.05) is 12.1 Å². The van der Waals surface area contributed by atoms with Gasteiger partial charge in [0.05, 0.1) is 36.2 Å². The molecule has 2 amide bonds.